The van der Waals surface area contributed by atoms with Gasteiger partial charge in [0.05, 0.1) is 12.1 Å². The summed E-state index contributed by atoms with van der Waals surface area (Å²) in [4.78, 5) is 20.9. The molecule has 4 nitrogen and oxygen atoms in total. The number of piperazine rings is 1. The molecule has 0 saturated carbocycles. The summed E-state index contributed by atoms with van der Waals surface area (Å²) >= 11 is 0. The van der Waals surface area contributed by atoms with Crippen molar-refractivity contribution in [2.75, 3.05) is 32.7 Å². The fraction of sp³-hybridized carbons (Fsp3) is 0.286. The summed E-state index contributed by atoms with van der Waals surface area (Å²) in [5.41, 5.74) is 4.33. The molecule has 0 N–H and O–H groups in total. The van der Waals surface area contributed by atoms with E-state index in [0.29, 0.717) is 26.2 Å². The van der Waals surface area contributed by atoms with Gasteiger partial charge in [-0.3, -0.25) is 14.6 Å². The van der Waals surface area contributed by atoms with Crippen LogP contribution < -0.4 is 0 Å². The van der Waals surface area contributed by atoms with Gasteiger partial charge in [0.2, 0.25) is 5.91 Å². The Bertz CT molecular complexity index is 1380. The average molecular weight is 552 g/mol. The number of amides is 1. The molecule has 1 amide bonds. The maximum Gasteiger partial charge on any atom is 0.240 e. The fourth-order valence-corrected chi connectivity index (χ4v) is 6.52. The fourth-order valence-electron chi connectivity index (χ4n) is 6.52. The lowest BCUT2D eigenvalue weighted by molar-refractivity contribution is -0.138. The van der Waals surface area contributed by atoms with Crippen molar-refractivity contribution in [2.45, 2.75) is 31.0 Å². The summed E-state index contributed by atoms with van der Waals surface area (Å²) in [6.07, 6.45) is 0.949. The SMILES string of the molecule is O=C([C@@H]1[C@H](c2ccccc2)CCN1Cc1ccccc1)N1CCN(C(c2ccc(F)cc2)c2ccc(F)cc2)CC1. The van der Waals surface area contributed by atoms with E-state index >= 15 is 0 Å². The third kappa shape index (κ3) is 6.09. The monoisotopic (exact) mass is 551 g/mol. The van der Waals surface area contributed by atoms with Gasteiger partial charge in [-0.1, -0.05) is 84.9 Å². The van der Waals surface area contributed by atoms with Gasteiger partial charge in [0.1, 0.15) is 11.6 Å². The molecular weight excluding hydrogens is 516 g/mol. The number of likely N-dealkylation sites (tertiary alicyclic amines) is 1. The van der Waals surface area contributed by atoms with Gasteiger partial charge in [0.15, 0.2) is 0 Å². The first-order valence-electron chi connectivity index (χ1n) is 14.4. The lowest BCUT2D eigenvalue weighted by Crippen LogP contribution is -2.55. The molecule has 210 valence electrons. The predicted molar refractivity (Wildman–Crippen MR) is 157 cm³/mol. The van der Waals surface area contributed by atoms with Gasteiger partial charge in [-0.25, -0.2) is 8.78 Å². The molecule has 0 radical (unpaired) electrons. The third-order valence-corrected chi connectivity index (χ3v) is 8.57. The molecule has 2 heterocycles. The largest absolute Gasteiger partial charge is 0.339 e. The molecule has 0 spiro atoms. The van der Waals surface area contributed by atoms with Gasteiger partial charge in [0, 0.05) is 38.6 Å². The second-order valence-electron chi connectivity index (χ2n) is 11.1. The van der Waals surface area contributed by atoms with Gasteiger partial charge in [-0.05, 0) is 59.5 Å². The Morgan fingerprint density at radius 3 is 1.78 bits per heavy atom. The van der Waals surface area contributed by atoms with Crippen LogP contribution >= 0.6 is 0 Å². The van der Waals surface area contributed by atoms with Gasteiger partial charge >= 0.3 is 0 Å². The molecule has 2 aliphatic rings. The van der Waals surface area contributed by atoms with Crippen molar-refractivity contribution in [1.29, 1.82) is 0 Å². The molecule has 0 aromatic heterocycles. The second kappa shape index (κ2) is 12.3. The van der Waals surface area contributed by atoms with E-state index in [2.05, 4.69) is 58.3 Å². The third-order valence-electron chi connectivity index (χ3n) is 8.57. The lowest BCUT2D eigenvalue weighted by atomic mass is 9.90. The molecule has 2 aliphatic heterocycles. The van der Waals surface area contributed by atoms with Crippen LogP contribution in [0.3, 0.4) is 0 Å². The molecule has 4 aromatic carbocycles. The van der Waals surface area contributed by atoms with E-state index in [0.717, 1.165) is 30.6 Å². The normalized spacial score (nSPS) is 20.0. The van der Waals surface area contributed by atoms with Crippen LogP contribution in [0.4, 0.5) is 8.78 Å². The predicted octanol–water partition coefficient (Wildman–Crippen LogP) is 6.26. The van der Waals surface area contributed by atoms with Crippen molar-refractivity contribution in [3.05, 3.63) is 143 Å². The first-order valence-corrected chi connectivity index (χ1v) is 14.4. The van der Waals surface area contributed by atoms with Gasteiger partial charge < -0.3 is 4.90 Å². The maximum atomic E-state index is 14.3. The zero-order chi connectivity index (χ0) is 28.2. The first-order chi connectivity index (χ1) is 20.1. The molecule has 0 aliphatic carbocycles. The number of carbonyl (C=O) groups is 1. The van der Waals surface area contributed by atoms with Crippen LogP contribution in [0.5, 0.6) is 0 Å². The van der Waals surface area contributed by atoms with Crippen LogP contribution in [-0.2, 0) is 11.3 Å². The number of hydrogen-bond donors (Lipinski definition) is 0. The van der Waals surface area contributed by atoms with Crippen molar-refractivity contribution >= 4 is 5.91 Å². The van der Waals surface area contributed by atoms with Crippen molar-refractivity contribution in [3.8, 4) is 0 Å². The molecule has 41 heavy (non-hydrogen) atoms. The van der Waals surface area contributed by atoms with E-state index < -0.39 is 0 Å². The zero-order valence-electron chi connectivity index (χ0n) is 23.1. The molecule has 6 heteroatoms. The highest BCUT2D eigenvalue weighted by atomic mass is 19.1. The van der Waals surface area contributed by atoms with E-state index in [1.807, 2.05) is 17.0 Å². The highest BCUT2D eigenvalue weighted by Gasteiger charge is 2.42. The smallest absolute Gasteiger partial charge is 0.240 e. The van der Waals surface area contributed by atoms with Gasteiger partial charge in [-0.15, -0.1) is 0 Å². The molecule has 2 atom stereocenters. The summed E-state index contributed by atoms with van der Waals surface area (Å²) in [7, 11) is 0. The summed E-state index contributed by atoms with van der Waals surface area (Å²) in [6.45, 7) is 4.18. The highest BCUT2D eigenvalue weighted by molar-refractivity contribution is 5.83. The summed E-state index contributed by atoms with van der Waals surface area (Å²) < 4.78 is 27.5. The van der Waals surface area contributed by atoms with E-state index in [1.165, 1.54) is 35.4 Å². The number of halogens is 2. The van der Waals surface area contributed by atoms with Crippen LogP contribution in [0.15, 0.2) is 109 Å². The van der Waals surface area contributed by atoms with E-state index in [4.69, 9.17) is 0 Å². The molecule has 0 bridgehead atoms. The maximum absolute atomic E-state index is 14.3. The van der Waals surface area contributed by atoms with E-state index in [-0.39, 0.29) is 35.5 Å². The number of rotatable bonds is 7. The molecular formula is C35H35F2N3O. The Balaban J connectivity index is 1.22. The highest BCUT2D eigenvalue weighted by Crippen LogP contribution is 2.36. The topological polar surface area (TPSA) is 26.8 Å². The lowest BCUT2D eigenvalue weighted by Gasteiger charge is -2.41. The quantitative estimate of drug-likeness (QED) is 0.271. The van der Waals surface area contributed by atoms with Crippen LogP contribution in [0.25, 0.3) is 0 Å². The average Bonchev–Trinajstić information content (AvgIpc) is 3.43. The Labute approximate surface area is 240 Å². The van der Waals surface area contributed by atoms with Crippen molar-refractivity contribution < 1.29 is 13.6 Å². The van der Waals surface area contributed by atoms with E-state index in [1.54, 1.807) is 24.3 Å². The molecule has 2 fully saturated rings. The number of benzene rings is 4. The Hall–Kier alpha value is -3.87. The van der Waals surface area contributed by atoms with Gasteiger partial charge in [-0.2, -0.15) is 0 Å². The minimum Gasteiger partial charge on any atom is -0.339 e. The van der Waals surface area contributed by atoms with Crippen molar-refractivity contribution in [3.63, 3.8) is 0 Å². The Morgan fingerprint density at radius 2 is 1.22 bits per heavy atom. The first kappa shape index (κ1) is 27.3. The van der Waals surface area contributed by atoms with E-state index in [9.17, 15) is 13.6 Å². The van der Waals surface area contributed by atoms with Crippen molar-refractivity contribution in [2.24, 2.45) is 0 Å². The number of nitrogens with zero attached hydrogens (tertiary/aromatic N) is 3. The minimum absolute atomic E-state index is 0.147. The van der Waals surface area contributed by atoms with Crippen LogP contribution in [0.2, 0.25) is 0 Å². The number of hydrogen-bond acceptors (Lipinski definition) is 3. The minimum atomic E-state index is -0.286. The molecule has 4 aromatic rings. The van der Waals surface area contributed by atoms with Crippen LogP contribution in [0, 0.1) is 11.6 Å². The number of carbonyl (C=O) groups excluding carboxylic acids is 1. The van der Waals surface area contributed by atoms with Crippen LogP contribution in [0.1, 0.15) is 40.6 Å². The molecule has 0 unspecified atom stereocenters. The van der Waals surface area contributed by atoms with Crippen molar-refractivity contribution in [1.82, 2.24) is 14.7 Å². The molecule has 6 rings (SSSR count). The zero-order valence-corrected chi connectivity index (χ0v) is 23.1. The summed E-state index contributed by atoms with van der Waals surface area (Å²) in [5, 5.41) is 0. The summed E-state index contributed by atoms with van der Waals surface area (Å²) in [5.74, 6) is -0.234. The van der Waals surface area contributed by atoms with Crippen LogP contribution in [-0.4, -0.2) is 59.4 Å². The van der Waals surface area contributed by atoms with Gasteiger partial charge in [0.25, 0.3) is 0 Å². The second-order valence-corrected chi connectivity index (χ2v) is 11.1. The summed E-state index contributed by atoms with van der Waals surface area (Å²) in [6, 6.07) is 33.5. The Kier molecular flexibility index (Phi) is 8.21. The molecule has 2 saturated heterocycles. The Morgan fingerprint density at radius 1 is 0.683 bits per heavy atom. The standard InChI is InChI=1S/C35H35F2N3O/c36-30-15-11-28(12-16-30)33(29-13-17-31(37)18-14-29)38-21-23-39(24-22-38)35(41)34-32(27-9-5-2-6-10-27)19-20-40(34)25-26-7-3-1-4-8-26/h1-18,32-34H,19-25H2/t32-,34-/m0/s1.